The first-order valence-electron chi connectivity index (χ1n) is 5.04. The molecule has 0 amide bonds. The minimum atomic E-state index is -1.14. The second-order valence-corrected chi connectivity index (χ2v) is 3.65. The number of nitriles is 1. The second-order valence-electron chi connectivity index (χ2n) is 3.65. The number of carbonyl (C=O) groups is 1. The van der Waals surface area contributed by atoms with Gasteiger partial charge >= 0.3 is 5.97 Å². The number of carboxylic acid groups (broad SMARTS) is 1. The van der Waals surface area contributed by atoms with Crippen LogP contribution in [0.4, 0.5) is 4.39 Å². The molecule has 1 heterocycles. The molecule has 0 saturated carbocycles. The Kier molecular flexibility index (Phi) is 3.06. The monoisotopic (exact) mass is 245 g/mol. The van der Waals surface area contributed by atoms with Crippen LogP contribution >= 0.6 is 0 Å². The summed E-state index contributed by atoms with van der Waals surface area (Å²) in [4.78, 5) is 14.3. The van der Waals surface area contributed by atoms with Gasteiger partial charge in [-0.05, 0) is 18.2 Å². The molecule has 0 spiro atoms. The summed E-state index contributed by atoms with van der Waals surface area (Å²) in [6.45, 7) is 0.127. The second kappa shape index (κ2) is 4.67. The van der Waals surface area contributed by atoms with Gasteiger partial charge in [-0.25, -0.2) is 14.2 Å². The summed E-state index contributed by atoms with van der Waals surface area (Å²) in [6.07, 6.45) is 2.61. The number of hydrogen-bond donors (Lipinski definition) is 1. The number of benzene rings is 1. The molecule has 2 rings (SSSR count). The SMILES string of the molecule is N#Cc1ccc(F)c(Cn2cnc(C(=O)O)c2)c1. The fourth-order valence-corrected chi connectivity index (χ4v) is 1.52. The largest absolute Gasteiger partial charge is 0.476 e. The maximum Gasteiger partial charge on any atom is 0.356 e. The molecule has 1 aromatic carbocycles. The van der Waals surface area contributed by atoms with Gasteiger partial charge in [0, 0.05) is 11.8 Å². The van der Waals surface area contributed by atoms with E-state index < -0.39 is 11.8 Å². The molecule has 6 heteroatoms. The van der Waals surface area contributed by atoms with Crippen LogP contribution in [0, 0.1) is 17.1 Å². The Balaban J connectivity index is 2.28. The quantitative estimate of drug-likeness (QED) is 0.891. The van der Waals surface area contributed by atoms with Crippen molar-refractivity contribution in [1.29, 1.82) is 5.26 Å². The third kappa shape index (κ3) is 2.35. The highest BCUT2D eigenvalue weighted by Crippen LogP contribution is 2.12. The van der Waals surface area contributed by atoms with Gasteiger partial charge in [0.25, 0.3) is 0 Å². The fourth-order valence-electron chi connectivity index (χ4n) is 1.52. The normalized spacial score (nSPS) is 10.0. The lowest BCUT2D eigenvalue weighted by Gasteiger charge is -2.04. The van der Waals surface area contributed by atoms with Gasteiger partial charge in [-0.15, -0.1) is 0 Å². The minimum absolute atomic E-state index is 0.105. The Morgan fingerprint density at radius 1 is 1.56 bits per heavy atom. The van der Waals surface area contributed by atoms with Crippen LogP contribution in [0.5, 0.6) is 0 Å². The molecular weight excluding hydrogens is 237 g/mol. The summed E-state index contributed by atoms with van der Waals surface area (Å²) >= 11 is 0. The highest BCUT2D eigenvalue weighted by Gasteiger charge is 2.09. The molecule has 0 saturated heterocycles. The predicted molar refractivity (Wildman–Crippen MR) is 59.4 cm³/mol. The van der Waals surface area contributed by atoms with Gasteiger partial charge in [-0.2, -0.15) is 5.26 Å². The molecule has 0 radical (unpaired) electrons. The lowest BCUT2D eigenvalue weighted by atomic mass is 10.1. The summed E-state index contributed by atoms with van der Waals surface area (Å²) in [5.74, 6) is -1.58. The number of imidazole rings is 1. The van der Waals surface area contributed by atoms with Gasteiger partial charge in [0.05, 0.1) is 24.5 Å². The molecule has 1 N–H and O–H groups in total. The van der Waals surface area contributed by atoms with Gasteiger partial charge < -0.3 is 9.67 Å². The van der Waals surface area contributed by atoms with Crippen LogP contribution in [0.1, 0.15) is 21.6 Å². The zero-order valence-electron chi connectivity index (χ0n) is 9.17. The number of halogens is 1. The topological polar surface area (TPSA) is 78.9 Å². The Hall–Kier alpha value is -2.68. The molecule has 18 heavy (non-hydrogen) atoms. The van der Waals surface area contributed by atoms with Crippen LogP contribution in [0.3, 0.4) is 0 Å². The first-order chi connectivity index (χ1) is 8.60. The van der Waals surface area contributed by atoms with E-state index >= 15 is 0 Å². The Bertz CT molecular complexity index is 643. The van der Waals surface area contributed by atoms with Crippen molar-refractivity contribution >= 4 is 5.97 Å². The molecule has 5 nitrogen and oxygen atoms in total. The van der Waals surface area contributed by atoms with Crippen molar-refractivity contribution in [2.45, 2.75) is 6.54 Å². The molecule has 0 aliphatic heterocycles. The highest BCUT2D eigenvalue weighted by molar-refractivity contribution is 5.84. The Morgan fingerprint density at radius 3 is 2.94 bits per heavy atom. The van der Waals surface area contributed by atoms with Crippen molar-refractivity contribution in [2.75, 3.05) is 0 Å². The van der Waals surface area contributed by atoms with Gasteiger partial charge in [-0.1, -0.05) is 0 Å². The van der Waals surface area contributed by atoms with Crippen molar-refractivity contribution in [3.63, 3.8) is 0 Å². The van der Waals surface area contributed by atoms with Crippen LogP contribution in [-0.2, 0) is 6.54 Å². The summed E-state index contributed by atoms with van der Waals surface area (Å²) in [7, 11) is 0. The smallest absolute Gasteiger partial charge is 0.356 e. The number of aromatic carboxylic acids is 1. The van der Waals surface area contributed by atoms with Gasteiger partial charge in [-0.3, -0.25) is 0 Å². The third-order valence-corrected chi connectivity index (χ3v) is 2.38. The molecule has 0 aliphatic carbocycles. The zero-order chi connectivity index (χ0) is 13.1. The summed E-state index contributed by atoms with van der Waals surface area (Å²) in [5, 5.41) is 17.4. The molecule has 90 valence electrons. The van der Waals surface area contributed by atoms with E-state index in [1.54, 1.807) is 0 Å². The van der Waals surface area contributed by atoms with Crippen molar-refractivity contribution in [2.24, 2.45) is 0 Å². The molecule has 0 fully saturated rings. The van der Waals surface area contributed by atoms with E-state index in [1.807, 2.05) is 6.07 Å². The molecule has 0 aliphatic rings. The molecule has 1 aromatic heterocycles. The van der Waals surface area contributed by atoms with Crippen LogP contribution < -0.4 is 0 Å². The molecule has 2 aromatic rings. The molecule has 0 atom stereocenters. The van der Waals surface area contributed by atoms with Crippen LogP contribution in [-0.4, -0.2) is 20.6 Å². The van der Waals surface area contributed by atoms with E-state index in [2.05, 4.69) is 4.98 Å². The summed E-state index contributed by atoms with van der Waals surface area (Å²) in [6, 6.07) is 5.94. The first kappa shape index (κ1) is 11.8. The average molecular weight is 245 g/mol. The Morgan fingerprint density at radius 2 is 2.33 bits per heavy atom. The van der Waals surface area contributed by atoms with Crippen LogP contribution in [0.25, 0.3) is 0 Å². The molecule has 0 bridgehead atoms. The van der Waals surface area contributed by atoms with E-state index in [4.69, 9.17) is 10.4 Å². The molecule has 0 unspecified atom stereocenters. The number of carboxylic acids is 1. The van der Waals surface area contributed by atoms with Gasteiger partial charge in [0.2, 0.25) is 0 Å². The minimum Gasteiger partial charge on any atom is -0.476 e. The number of aromatic nitrogens is 2. The standard InChI is InChI=1S/C12H8FN3O2/c13-10-2-1-8(4-14)3-9(10)5-16-6-11(12(17)18)15-7-16/h1-3,6-7H,5H2,(H,17,18). The highest BCUT2D eigenvalue weighted by atomic mass is 19.1. The predicted octanol–water partition coefficient (Wildman–Crippen LogP) is 1.64. The number of hydrogen-bond acceptors (Lipinski definition) is 3. The lowest BCUT2D eigenvalue weighted by molar-refractivity contribution is 0.0691. The summed E-state index contributed by atoms with van der Waals surface area (Å²) in [5.41, 5.74) is 0.556. The van der Waals surface area contributed by atoms with Crippen molar-refractivity contribution < 1.29 is 14.3 Å². The number of rotatable bonds is 3. The third-order valence-electron chi connectivity index (χ3n) is 2.38. The molecular formula is C12H8FN3O2. The average Bonchev–Trinajstić information content (AvgIpc) is 2.81. The van der Waals surface area contributed by atoms with E-state index in [1.165, 1.54) is 35.3 Å². The van der Waals surface area contributed by atoms with Crippen LogP contribution in [0.2, 0.25) is 0 Å². The number of nitrogens with zero attached hydrogens (tertiary/aromatic N) is 3. The van der Waals surface area contributed by atoms with Gasteiger partial charge in [0.1, 0.15) is 5.82 Å². The van der Waals surface area contributed by atoms with Crippen LogP contribution in [0.15, 0.2) is 30.7 Å². The van der Waals surface area contributed by atoms with Crippen molar-refractivity contribution in [1.82, 2.24) is 9.55 Å². The van der Waals surface area contributed by atoms with E-state index in [9.17, 15) is 9.18 Å². The summed E-state index contributed by atoms with van der Waals surface area (Å²) < 4.78 is 14.9. The van der Waals surface area contributed by atoms with E-state index in [0.29, 0.717) is 11.1 Å². The maximum atomic E-state index is 13.5. The van der Waals surface area contributed by atoms with Gasteiger partial charge in [0.15, 0.2) is 5.69 Å². The van der Waals surface area contributed by atoms with E-state index in [0.717, 1.165) is 0 Å². The zero-order valence-corrected chi connectivity index (χ0v) is 9.17. The van der Waals surface area contributed by atoms with E-state index in [-0.39, 0.29) is 12.2 Å². The van der Waals surface area contributed by atoms with Crippen molar-refractivity contribution in [3.05, 3.63) is 53.4 Å². The van der Waals surface area contributed by atoms with Crippen molar-refractivity contribution in [3.8, 4) is 6.07 Å². The first-order valence-corrected chi connectivity index (χ1v) is 5.04. The fraction of sp³-hybridized carbons (Fsp3) is 0.0833. The Labute approximate surface area is 102 Å². The lowest BCUT2D eigenvalue weighted by Crippen LogP contribution is -2.01. The maximum absolute atomic E-state index is 13.5.